The van der Waals surface area contributed by atoms with Crippen LogP contribution >= 0.6 is 0 Å². The Morgan fingerprint density at radius 3 is 2.73 bits per heavy atom. The molecular weight excluding hydrogens is 186 g/mol. The molecule has 2 rings (SSSR count). The molecule has 0 amide bonds. The number of nitrogens with one attached hydrogen (secondary N) is 1. The summed E-state index contributed by atoms with van der Waals surface area (Å²) in [4.78, 5) is 0. The molecule has 1 fully saturated rings. The predicted octanol–water partition coefficient (Wildman–Crippen LogP) is 2.23. The van der Waals surface area contributed by atoms with E-state index in [4.69, 9.17) is 0 Å². The average Bonchev–Trinajstić information content (AvgIpc) is 2.68. The van der Waals surface area contributed by atoms with Crippen molar-refractivity contribution >= 4 is 6.08 Å². The van der Waals surface area contributed by atoms with E-state index >= 15 is 0 Å². The fourth-order valence-electron chi connectivity index (χ4n) is 1.82. The summed E-state index contributed by atoms with van der Waals surface area (Å²) in [5, 5.41) is 7.88. The molecule has 82 valence electrons. The van der Waals surface area contributed by atoms with E-state index in [0.717, 1.165) is 31.6 Å². The predicted molar refractivity (Wildman–Crippen MR) is 62.7 cm³/mol. The van der Waals surface area contributed by atoms with Gasteiger partial charge in [0, 0.05) is 12.2 Å². The van der Waals surface area contributed by atoms with Crippen molar-refractivity contribution in [2.75, 3.05) is 13.1 Å². The lowest BCUT2D eigenvalue weighted by atomic mass is 10.0. The second kappa shape index (κ2) is 4.62. The summed E-state index contributed by atoms with van der Waals surface area (Å²) in [6.45, 7) is 6.51. The summed E-state index contributed by atoms with van der Waals surface area (Å²) >= 11 is 0. The Hall–Kier alpha value is -1.09. The minimum atomic E-state index is 0.449. The van der Waals surface area contributed by atoms with Crippen LogP contribution < -0.4 is 5.32 Å². The third-order valence-corrected chi connectivity index (χ3v) is 2.76. The highest BCUT2D eigenvalue weighted by Gasteiger charge is 2.05. The smallest absolute Gasteiger partial charge is 0.0850 e. The van der Waals surface area contributed by atoms with Gasteiger partial charge in [-0.1, -0.05) is 5.57 Å². The van der Waals surface area contributed by atoms with E-state index in [-0.39, 0.29) is 0 Å². The molecule has 0 spiro atoms. The Morgan fingerprint density at radius 1 is 1.40 bits per heavy atom. The Morgan fingerprint density at radius 2 is 2.13 bits per heavy atom. The maximum Gasteiger partial charge on any atom is 0.0850 e. The van der Waals surface area contributed by atoms with Gasteiger partial charge in [0.05, 0.1) is 5.69 Å². The highest BCUT2D eigenvalue weighted by molar-refractivity contribution is 5.48. The van der Waals surface area contributed by atoms with E-state index in [9.17, 15) is 0 Å². The van der Waals surface area contributed by atoms with Crippen molar-refractivity contribution in [1.29, 1.82) is 0 Å². The van der Waals surface area contributed by atoms with Crippen molar-refractivity contribution in [1.82, 2.24) is 15.1 Å². The first-order valence-electron chi connectivity index (χ1n) is 5.71. The average molecular weight is 205 g/mol. The van der Waals surface area contributed by atoms with Crippen molar-refractivity contribution in [2.45, 2.75) is 32.7 Å². The highest BCUT2D eigenvalue weighted by atomic mass is 15.3. The fourth-order valence-corrected chi connectivity index (χ4v) is 1.82. The first kappa shape index (κ1) is 10.4. The zero-order chi connectivity index (χ0) is 10.7. The Kier molecular flexibility index (Phi) is 3.21. The summed E-state index contributed by atoms with van der Waals surface area (Å²) in [5.41, 5.74) is 2.61. The maximum absolute atomic E-state index is 4.52. The van der Waals surface area contributed by atoms with Crippen LogP contribution in [-0.4, -0.2) is 22.9 Å². The van der Waals surface area contributed by atoms with Crippen LogP contribution in [-0.2, 0) is 0 Å². The van der Waals surface area contributed by atoms with Gasteiger partial charge in [0.25, 0.3) is 0 Å². The summed E-state index contributed by atoms with van der Waals surface area (Å²) in [7, 11) is 0. The van der Waals surface area contributed by atoms with Gasteiger partial charge in [-0.3, -0.25) is 4.68 Å². The van der Waals surface area contributed by atoms with Gasteiger partial charge >= 0.3 is 0 Å². The van der Waals surface area contributed by atoms with E-state index in [1.165, 1.54) is 5.57 Å². The molecule has 3 heteroatoms. The number of piperidine rings is 1. The van der Waals surface area contributed by atoms with Gasteiger partial charge in [-0.25, -0.2) is 0 Å². The van der Waals surface area contributed by atoms with Crippen LogP contribution in [0.5, 0.6) is 0 Å². The molecule has 0 aromatic carbocycles. The first-order chi connectivity index (χ1) is 7.25. The normalized spacial score (nSPS) is 17.1. The molecular formula is C12H19N3. The van der Waals surface area contributed by atoms with Gasteiger partial charge < -0.3 is 5.32 Å². The maximum atomic E-state index is 4.52. The molecule has 0 saturated carbocycles. The molecule has 15 heavy (non-hydrogen) atoms. The van der Waals surface area contributed by atoms with Gasteiger partial charge in [0.1, 0.15) is 0 Å². The highest BCUT2D eigenvalue weighted by Crippen LogP contribution is 2.14. The van der Waals surface area contributed by atoms with Crippen molar-refractivity contribution in [2.24, 2.45) is 0 Å². The molecule has 1 saturated heterocycles. The Labute approximate surface area is 91.2 Å². The molecule has 0 radical (unpaired) electrons. The SMILES string of the molecule is CC(C)n1ccc(C=C2CCNCC2)n1. The van der Waals surface area contributed by atoms with Crippen LogP contribution in [0.15, 0.2) is 17.8 Å². The zero-order valence-corrected chi connectivity index (χ0v) is 9.53. The second-order valence-corrected chi connectivity index (χ2v) is 4.37. The summed E-state index contributed by atoms with van der Waals surface area (Å²) in [6.07, 6.45) is 6.61. The van der Waals surface area contributed by atoms with Gasteiger partial charge in [-0.15, -0.1) is 0 Å². The number of nitrogens with zero attached hydrogens (tertiary/aromatic N) is 2. The van der Waals surface area contributed by atoms with Gasteiger partial charge in [-0.05, 0) is 51.9 Å². The molecule has 1 aliphatic heterocycles. The number of aromatic nitrogens is 2. The molecule has 0 unspecified atom stereocenters. The summed E-state index contributed by atoms with van der Waals surface area (Å²) < 4.78 is 2.01. The van der Waals surface area contributed by atoms with Crippen molar-refractivity contribution in [3.05, 3.63) is 23.5 Å². The molecule has 0 atom stereocenters. The van der Waals surface area contributed by atoms with Crippen molar-refractivity contribution in [3.8, 4) is 0 Å². The van der Waals surface area contributed by atoms with Crippen LogP contribution in [0, 0.1) is 0 Å². The van der Waals surface area contributed by atoms with Crippen LogP contribution in [0.4, 0.5) is 0 Å². The van der Waals surface area contributed by atoms with Gasteiger partial charge in [0.15, 0.2) is 0 Å². The minimum Gasteiger partial charge on any atom is -0.316 e. The quantitative estimate of drug-likeness (QED) is 0.802. The van der Waals surface area contributed by atoms with Crippen LogP contribution in [0.25, 0.3) is 6.08 Å². The molecule has 1 N–H and O–H groups in total. The van der Waals surface area contributed by atoms with Gasteiger partial charge in [0.2, 0.25) is 0 Å². The van der Waals surface area contributed by atoms with E-state index in [1.54, 1.807) is 0 Å². The number of hydrogen-bond donors (Lipinski definition) is 1. The van der Waals surface area contributed by atoms with E-state index < -0.39 is 0 Å². The standard InChI is InChI=1S/C12H19N3/c1-10(2)15-8-5-12(14-15)9-11-3-6-13-7-4-11/h5,8-10,13H,3-4,6-7H2,1-2H3. The van der Waals surface area contributed by atoms with Crippen LogP contribution in [0.2, 0.25) is 0 Å². The lowest BCUT2D eigenvalue weighted by Gasteiger charge is -2.14. The van der Waals surface area contributed by atoms with Crippen molar-refractivity contribution in [3.63, 3.8) is 0 Å². The van der Waals surface area contributed by atoms with E-state index in [0.29, 0.717) is 6.04 Å². The summed E-state index contributed by atoms with van der Waals surface area (Å²) in [6, 6.07) is 2.54. The van der Waals surface area contributed by atoms with Crippen LogP contribution in [0.1, 0.15) is 38.4 Å². The van der Waals surface area contributed by atoms with E-state index in [1.807, 2.05) is 4.68 Å². The molecule has 2 heterocycles. The number of rotatable bonds is 2. The fraction of sp³-hybridized carbons (Fsp3) is 0.583. The first-order valence-corrected chi connectivity index (χ1v) is 5.71. The zero-order valence-electron chi connectivity index (χ0n) is 9.53. The molecule has 0 bridgehead atoms. The molecule has 1 aromatic rings. The third kappa shape index (κ3) is 2.69. The molecule has 1 aromatic heterocycles. The van der Waals surface area contributed by atoms with Crippen LogP contribution in [0.3, 0.4) is 0 Å². The Bertz CT molecular complexity index is 342. The molecule has 0 aliphatic carbocycles. The lowest BCUT2D eigenvalue weighted by molar-refractivity contribution is 0.531. The van der Waals surface area contributed by atoms with Crippen molar-refractivity contribution < 1.29 is 0 Å². The summed E-state index contributed by atoms with van der Waals surface area (Å²) in [5.74, 6) is 0. The molecule has 1 aliphatic rings. The second-order valence-electron chi connectivity index (χ2n) is 4.37. The van der Waals surface area contributed by atoms with E-state index in [2.05, 4.69) is 42.6 Å². The lowest BCUT2D eigenvalue weighted by Crippen LogP contribution is -2.22. The topological polar surface area (TPSA) is 29.9 Å². The largest absolute Gasteiger partial charge is 0.316 e. The Balaban J connectivity index is 2.08. The third-order valence-electron chi connectivity index (χ3n) is 2.76. The number of hydrogen-bond acceptors (Lipinski definition) is 2. The monoisotopic (exact) mass is 205 g/mol. The minimum absolute atomic E-state index is 0.449. The molecule has 3 nitrogen and oxygen atoms in total. The van der Waals surface area contributed by atoms with Gasteiger partial charge in [-0.2, -0.15) is 5.10 Å².